The third kappa shape index (κ3) is 4.91. The molecule has 172 valence electrons. The fraction of sp³-hybridized carbons (Fsp3) is 0.391. The number of para-hydroxylation sites is 1. The van der Waals surface area contributed by atoms with Crippen molar-refractivity contribution in [1.82, 2.24) is 10.2 Å². The van der Waals surface area contributed by atoms with Crippen molar-refractivity contribution in [1.29, 1.82) is 0 Å². The van der Waals surface area contributed by atoms with Gasteiger partial charge in [0.25, 0.3) is 5.91 Å². The van der Waals surface area contributed by atoms with Gasteiger partial charge in [-0.1, -0.05) is 41.4 Å². The van der Waals surface area contributed by atoms with Crippen LogP contribution in [0.15, 0.2) is 36.4 Å². The van der Waals surface area contributed by atoms with Gasteiger partial charge in [-0.3, -0.25) is 9.18 Å². The topological polar surface area (TPSA) is 52.7 Å². The van der Waals surface area contributed by atoms with E-state index in [2.05, 4.69) is 10.2 Å². The maximum Gasteiger partial charge on any atom is 0.329 e. The Bertz CT molecular complexity index is 1010. The summed E-state index contributed by atoms with van der Waals surface area (Å²) in [4.78, 5) is 29.3. The van der Waals surface area contributed by atoms with Gasteiger partial charge < -0.3 is 10.2 Å². The van der Waals surface area contributed by atoms with Crippen LogP contribution in [0, 0.1) is 0 Å². The van der Waals surface area contributed by atoms with E-state index < -0.39 is 6.04 Å². The number of carbonyl (C=O) groups excluding carboxylic acids is 2. The molecule has 9 heteroatoms. The summed E-state index contributed by atoms with van der Waals surface area (Å²) in [7, 11) is 2.54. The Labute approximate surface area is 202 Å². The number of carbonyl (C=O) groups is 2. The molecule has 0 aliphatic carbocycles. The second-order valence-electron chi connectivity index (χ2n) is 7.72. The minimum absolute atomic E-state index is 0.0583. The van der Waals surface area contributed by atoms with Gasteiger partial charge in [-0.15, -0.1) is 0 Å². The molecule has 32 heavy (non-hydrogen) atoms. The Kier molecular flexibility index (Phi) is 8.44. The Balaban J connectivity index is 0.00000141. The molecule has 1 unspecified atom stereocenters. The molecule has 2 aliphatic rings. The lowest BCUT2D eigenvalue weighted by molar-refractivity contribution is -0.118. The number of imide groups is 1. The van der Waals surface area contributed by atoms with Crippen LogP contribution in [-0.2, 0) is 11.3 Å². The zero-order valence-corrected chi connectivity index (χ0v) is 20.5. The molecule has 2 atom stereocenters. The summed E-state index contributed by atoms with van der Waals surface area (Å²) < 4.78 is 9.50. The van der Waals surface area contributed by atoms with Crippen LogP contribution in [0.3, 0.4) is 0 Å². The van der Waals surface area contributed by atoms with Gasteiger partial charge in [0.2, 0.25) is 0 Å². The van der Waals surface area contributed by atoms with E-state index in [-0.39, 0.29) is 17.9 Å². The number of halogens is 3. The highest BCUT2D eigenvalue weighted by molar-refractivity contribution is 7.98. The largest absolute Gasteiger partial charge is 0.329 e. The lowest BCUT2D eigenvalue weighted by atomic mass is 9.83. The molecule has 0 aromatic heterocycles. The first kappa shape index (κ1) is 24.8. The minimum atomic E-state index is -0.483. The first-order valence-corrected chi connectivity index (χ1v) is 12.3. The molecule has 2 aromatic carbocycles. The van der Waals surface area contributed by atoms with E-state index >= 15 is 0 Å². The molecule has 5 nitrogen and oxygen atoms in total. The Morgan fingerprint density at radius 3 is 2.59 bits per heavy atom. The van der Waals surface area contributed by atoms with E-state index in [1.807, 2.05) is 43.6 Å². The van der Waals surface area contributed by atoms with E-state index in [1.54, 1.807) is 17.8 Å². The number of nitrogens with one attached hydrogen (secondary N) is 1. The molecule has 2 aliphatic heterocycles. The van der Waals surface area contributed by atoms with Gasteiger partial charge in [0.15, 0.2) is 0 Å². The van der Waals surface area contributed by atoms with Crippen molar-refractivity contribution >= 4 is 52.6 Å². The van der Waals surface area contributed by atoms with Crippen molar-refractivity contribution in [3.8, 4) is 0 Å². The summed E-state index contributed by atoms with van der Waals surface area (Å²) in [5.41, 5.74) is 3.61. The normalized spacial score (nSPS) is 20.5. The molecule has 3 amide bonds. The van der Waals surface area contributed by atoms with Crippen molar-refractivity contribution in [3.05, 3.63) is 63.1 Å². The molecule has 1 N–H and O–H groups in total. The summed E-state index contributed by atoms with van der Waals surface area (Å²) in [6, 6.07) is 10.5. The number of nitrogens with zero attached hydrogens (tertiary/aromatic N) is 2. The fourth-order valence-electron chi connectivity index (χ4n) is 4.29. The zero-order chi connectivity index (χ0) is 23.4. The van der Waals surface area contributed by atoms with Crippen LogP contribution in [0.2, 0.25) is 10.0 Å². The van der Waals surface area contributed by atoms with Crippen LogP contribution in [0.25, 0.3) is 0 Å². The van der Waals surface area contributed by atoms with Crippen LogP contribution >= 0.6 is 35.0 Å². The number of benzene rings is 2. The number of hydrogen-bond acceptors (Lipinski definition) is 4. The van der Waals surface area contributed by atoms with Crippen LogP contribution in [0.5, 0.6) is 0 Å². The quantitative estimate of drug-likeness (QED) is 0.566. The Hall–Kier alpha value is -1.80. The standard InChI is InChI=1S/C22H23Cl2N3O2S.CH3F/c1-26-11-16(15-9-13(23)10-18(24)17(15)12-26)14-5-3-4-6-20(14)27-21(28)19(7-8-30-2)25-22(27)29;1-2/h3-6,9-10,16,19H,7-8,11-12H2,1-2H3,(H,25,29);1H3/t16-,19?;/m0./s1. The second kappa shape index (κ2) is 10.9. The number of anilines is 1. The van der Waals surface area contributed by atoms with E-state index in [9.17, 15) is 14.0 Å². The molecular formula is C23H26Cl2FN3O2S. The molecule has 2 aromatic rings. The van der Waals surface area contributed by atoms with Crippen LogP contribution in [-0.4, -0.2) is 55.7 Å². The monoisotopic (exact) mass is 497 g/mol. The SMILES string of the molecule is CF.CSCCC1NC(=O)N(c2ccccc2[C@@H]2CN(C)Cc3c(Cl)cc(Cl)cc32)C1=O. The minimum Gasteiger partial charge on any atom is -0.325 e. The van der Waals surface area contributed by atoms with Gasteiger partial charge in [0, 0.05) is 29.1 Å². The Morgan fingerprint density at radius 1 is 1.16 bits per heavy atom. The van der Waals surface area contributed by atoms with Gasteiger partial charge in [0.1, 0.15) is 6.04 Å². The van der Waals surface area contributed by atoms with Crippen LogP contribution in [0.1, 0.15) is 29.0 Å². The van der Waals surface area contributed by atoms with Gasteiger partial charge >= 0.3 is 6.03 Å². The molecular weight excluding hydrogens is 472 g/mol. The molecule has 1 fully saturated rings. The Morgan fingerprint density at radius 2 is 1.88 bits per heavy atom. The summed E-state index contributed by atoms with van der Waals surface area (Å²) >= 11 is 14.5. The molecule has 1 saturated heterocycles. The van der Waals surface area contributed by atoms with Crippen LogP contribution in [0.4, 0.5) is 14.9 Å². The zero-order valence-electron chi connectivity index (χ0n) is 18.2. The van der Waals surface area contributed by atoms with E-state index in [0.29, 0.717) is 29.3 Å². The highest BCUT2D eigenvalue weighted by atomic mass is 35.5. The number of alkyl halides is 1. The summed E-state index contributed by atoms with van der Waals surface area (Å²) in [5, 5.41) is 4.05. The first-order valence-electron chi connectivity index (χ1n) is 10.2. The number of likely N-dealkylation sites (N-methyl/N-ethyl adjacent to an activating group) is 1. The second-order valence-corrected chi connectivity index (χ2v) is 9.55. The predicted octanol–water partition coefficient (Wildman–Crippen LogP) is 5.33. The first-order chi connectivity index (χ1) is 15.4. The van der Waals surface area contributed by atoms with Crippen LogP contribution < -0.4 is 10.2 Å². The van der Waals surface area contributed by atoms with Gasteiger partial charge in [0.05, 0.1) is 12.9 Å². The maximum atomic E-state index is 13.1. The number of rotatable bonds is 5. The third-order valence-electron chi connectivity index (χ3n) is 5.68. The van der Waals surface area contributed by atoms with E-state index in [4.69, 9.17) is 23.2 Å². The van der Waals surface area contributed by atoms with Crippen molar-refractivity contribution in [2.75, 3.05) is 37.7 Å². The van der Waals surface area contributed by atoms with Crippen molar-refractivity contribution < 1.29 is 14.0 Å². The molecule has 0 bridgehead atoms. The fourth-order valence-corrected chi connectivity index (χ4v) is 5.33. The summed E-state index contributed by atoms with van der Waals surface area (Å²) in [6.07, 6.45) is 2.60. The molecule has 4 rings (SSSR count). The van der Waals surface area contributed by atoms with Crippen molar-refractivity contribution in [2.24, 2.45) is 0 Å². The lowest BCUT2D eigenvalue weighted by Crippen LogP contribution is -2.35. The van der Waals surface area contributed by atoms with Gasteiger partial charge in [-0.2, -0.15) is 11.8 Å². The third-order valence-corrected chi connectivity index (χ3v) is 6.87. The van der Waals surface area contributed by atoms with Gasteiger partial charge in [-0.05, 0) is 60.4 Å². The average Bonchev–Trinajstić information content (AvgIpc) is 3.06. The molecule has 0 saturated carbocycles. The highest BCUT2D eigenvalue weighted by Crippen LogP contribution is 2.41. The number of thioether (sulfide) groups is 1. The molecule has 2 heterocycles. The van der Waals surface area contributed by atoms with E-state index in [0.717, 1.165) is 35.5 Å². The predicted molar refractivity (Wildman–Crippen MR) is 131 cm³/mol. The van der Waals surface area contributed by atoms with E-state index in [1.165, 1.54) is 4.90 Å². The summed E-state index contributed by atoms with van der Waals surface area (Å²) in [5.74, 6) is 0.552. The number of urea groups is 1. The number of hydrogen-bond donors (Lipinski definition) is 1. The van der Waals surface area contributed by atoms with Gasteiger partial charge in [-0.25, -0.2) is 9.69 Å². The number of fused-ring (bicyclic) bond motifs is 1. The highest BCUT2D eigenvalue weighted by Gasteiger charge is 2.40. The number of amides is 3. The molecule has 0 radical (unpaired) electrons. The maximum absolute atomic E-state index is 13.1. The molecule has 0 spiro atoms. The average molecular weight is 498 g/mol. The lowest BCUT2D eigenvalue weighted by Gasteiger charge is -2.35. The van der Waals surface area contributed by atoms with Crippen molar-refractivity contribution in [2.45, 2.75) is 24.9 Å². The van der Waals surface area contributed by atoms with Crippen molar-refractivity contribution in [3.63, 3.8) is 0 Å². The smallest absolute Gasteiger partial charge is 0.325 e. The summed E-state index contributed by atoms with van der Waals surface area (Å²) in [6.45, 7) is 1.46.